The van der Waals surface area contributed by atoms with Crippen molar-refractivity contribution in [1.29, 1.82) is 5.26 Å². The minimum absolute atomic E-state index is 0.0381. The predicted molar refractivity (Wildman–Crippen MR) is 76.7 cm³/mol. The van der Waals surface area contributed by atoms with Crippen molar-refractivity contribution in [2.24, 2.45) is 0 Å². The van der Waals surface area contributed by atoms with Crippen LogP contribution in [0.3, 0.4) is 0 Å². The molecule has 2 aromatic rings. The highest BCUT2D eigenvalue weighted by Gasteiger charge is 2.13. The van der Waals surface area contributed by atoms with Crippen LogP contribution in [0.25, 0.3) is 11.6 Å². The molecule has 0 amide bonds. The van der Waals surface area contributed by atoms with E-state index in [-0.39, 0.29) is 22.0 Å². The van der Waals surface area contributed by atoms with Crippen LogP contribution in [-0.4, -0.2) is 26.3 Å². The molecule has 0 aliphatic rings. The van der Waals surface area contributed by atoms with Crippen LogP contribution in [0.1, 0.15) is 21.1 Å². The summed E-state index contributed by atoms with van der Waals surface area (Å²) in [5, 5.41) is 38.4. The Morgan fingerprint density at radius 1 is 1.43 bits per heavy atom. The molecule has 8 heteroatoms. The van der Waals surface area contributed by atoms with Gasteiger partial charge in [0.05, 0.1) is 11.3 Å². The highest BCUT2D eigenvalue weighted by atomic mass is 32.1. The second-order valence-corrected chi connectivity index (χ2v) is 4.85. The monoisotopic (exact) mass is 303 g/mol. The van der Waals surface area contributed by atoms with Gasteiger partial charge in [0.1, 0.15) is 11.1 Å². The van der Waals surface area contributed by atoms with Gasteiger partial charge in [-0.3, -0.25) is 0 Å². The Hall–Kier alpha value is -3.05. The fourth-order valence-electron chi connectivity index (χ4n) is 1.55. The molecule has 5 N–H and O–H groups in total. The molecule has 106 valence electrons. The zero-order valence-corrected chi connectivity index (χ0v) is 11.3. The third-order valence-corrected chi connectivity index (χ3v) is 3.40. The quantitative estimate of drug-likeness (QED) is 0.385. The molecule has 0 fully saturated rings. The number of carboxylic acids is 1. The lowest BCUT2D eigenvalue weighted by molar-refractivity contribution is 0.0691. The number of allylic oxidation sites excluding steroid dienone is 1. The first-order chi connectivity index (χ1) is 9.92. The summed E-state index contributed by atoms with van der Waals surface area (Å²) in [6.07, 6.45) is 1.39. The number of nitriles is 1. The van der Waals surface area contributed by atoms with Gasteiger partial charge >= 0.3 is 5.97 Å². The largest absolute Gasteiger partial charge is 0.504 e. The average Bonchev–Trinajstić information content (AvgIpc) is 2.91. The number of aromatic hydroxyl groups is 2. The number of hydrogen-bond acceptors (Lipinski definition) is 7. The van der Waals surface area contributed by atoms with Gasteiger partial charge in [0, 0.05) is 5.38 Å². The van der Waals surface area contributed by atoms with Crippen molar-refractivity contribution < 1.29 is 20.1 Å². The number of aromatic carboxylic acids is 1. The van der Waals surface area contributed by atoms with Crippen molar-refractivity contribution in [1.82, 2.24) is 4.98 Å². The van der Waals surface area contributed by atoms with Gasteiger partial charge in [-0.2, -0.15) is 5.26 Å². The molecule has 0 unspecified atom stereocenters. The van der Waals surface area contributed by atoms with Gasteiger partial charge in [0.25, 0.3) is 0 Å². The molecule has 0 spiro atoms. The van der Waals surface area contributed by atoms with E-state index in [9.17, 15) is 15.0 Å². The molecular formula is C13H9N3O4S. The van der Waals surface area contributed by atoms with Crippen molar-refractivity contribution in [2.45, 2.75) is 0 Å². The Balaban J connectivity index is 2.45. The maximum absolute atomic E-state index is 10.8. The minimum Gasteiger partial charge on any atom is -0.504 e. The number of nitrogen functional groups attached to an aromatic ring is 1. The highest BCUT2D eigenvalue weighted by Crippen LogP contribution is 2.33. The van der Waals surface area contributed by atoms with E-state index in [0.717, 1.165) is 11.3 Å². The van der Waals surface area contributed by atoms with Crippen LogP contribution in [0, 0.1) is 11.3 Å². The van der Waals surface area contributed by atoms with E-state index < -0.39 is 17.5 Å². The molecule has 0 saturated carbocycles. The van der Waals surface area contributed by atoms with Crippen molar-refractivity contribution in [2.75, 3.05) is 5.73 Å². The second kappa shape index (κ2) is 5.52. The summed E-state index contributed by atoms with van der Waals surface area (Å²) in [5.74, 6) is -2.03. The summed E-state index contributed by atoms with van der Waals surface area (Å²) in [6.45, 7) is 0. The molecule has 0 aliphatic carbocycles. The SMILES string of the molecule is N#C/C(=C\c1cc(N)c(O)c(O)c1)c1nc(C(=O)O)cs1. The number of anilines is 1. The van der Waals surface area contributed by atoms with Crippen LogP contribution in [0.4, 0.5) is 5.69 Å². The van der Waals surface area contributed by atoms with Gasteiger partial charge < -0.3 is 21.1 Å². The van der Waals surface area contributed by atoms with E-state index in [1.54, 1.807) is 0 Å². The van der Waals surface area contributed by atoms with Crippen LogP contribution in [-0.2, 0) is 0 Å². The Bertz CT molecular complexity index is 766. The van der Waals surface area contributed by atoms with Crippen LogP contribution in [0.5, 0.6) is 11.5 Å². The van der Waals surface area contributed by atoms with Gasteiger partial charge in [0.15, 0.2) is 17.2 Å². The van der Waals surface area contributed by atoms with Gasteiger partial charge in [0.2, 0.25) is 0 Å². The van der Waals surface area contributed by atoms with E-state index in [0.29, 0.717) is 5.56 Å². The highest BCUT2D eigenvalue weighted by molar-refractivity contribution is 7.11. The van der Waals surface area contributed by atoms with E-state index in [4.69, 9.17) is 16.1 Å². The predicted octanol–water partition coefficient (Wildman–Crippen LogP) is 1.90. The third-order valence-electron chi connectivity index (χ3n) is 2.53. The maximum atomic E-state index is 10.8. The number of benzene rings is 1. The lowest BCUT2D eigenvalue weighted by Crippen LogP contribution is -1.96. The van der Waals surface area contributed by atoms with Crippen molar-refractivity contribution in [3.05, 3.63) is 33.8 Å². The van der Waals surface area contributed by atoms with Crippen molar-refractivity contribution in [3.8, 4) is 17.6 Å². The number of nitrogens with two attached hydrogens (primary N) is 1. The van der Waals surface area contributed by atoms with Crippen molar-refractivity contribution in [3.63, 3.8) is 0 Å². The van der Waals surface area contributed by atoms with E-state index in [1.807, 2.05) is 6.07 Å². The van der Waals surface area contributed by atoms with Gasteiger partial charge in [-0.15, -0.1) is 11.3 Å². The third kappa shape index (κ3) is 2.93. The summed E-state index contributed by atoms with van der Waals surface area (Å²) < 4.78 is 0. The average molecular weight is 303 g/mol. The van der Waals surface area contributed by atoms with Gasteiger partial charge in [-0.25, -0.2) is 9.78 Å². The number of carboxylic acid groups (broad SMARTS) is 1. The molecule has 1 aromatic carbocycles. The van der Waals surface area contributed by atoms with Crippen LogP contribution in [0.15, 0.2) is 17.5 Å². The molecule has 2 rings (SSSR count). The lowest BCUT2D eigenvalue weighted by Gasteiger charge is -2.03. The molecule has 0 aliphatic heterocycles. The maximum Gasteiger partial charge on any atom is 0.355 e. The zero-order valence-electron chi connectivity index (χ0n) is 10.4. The number of hydrogen-bond donors (Lipinski definition) is 4. The van der Waals surface area contributed by atoms with E-state index in [1.165, 1.54) is 23.6 Å². The van der Waals surface area contributed by atoms with Gasteiger partial charge in [-0.05, 0) is 23.8 Å². The molecule has 1 aromatic heterocycles. The molecule has 0 bridgehead atoms. The Kier molecular flexibility index (Phi) is 3.77. The summed E-state index contributed by atoms with van der Waals surface area (Å²) in [4.78, 5) is 14.6. The number of aromatic nitrogens is 1. The van der Waals surface area contributed by atoms with Crippen LogP contribution < -0.4 is 5.73 Å². The Morgan fingerprint density at radius 2 is 2.14 bits per heavy atom. The summed E-state index contributed by atoms with van der Waals surface area (Å²) >= 11 is 1.02. The number of phenols is 2. The van der Waals surface area contributed by atoms with Gasteiger partial charge in [-0.1, -0.05) is 0 Å². The minimum atomic E-state index is -1.18. The number of carbonyl (C=O) groups is 1. The van der Waals surface area contributed by atoms with Crippen LogP contribution >= 0.6 is 11.3 Å². The fraction of sp³-hybridized carbons (Fsp3) is 0. The number of rotatable bonds is 3. The summed E-state index contributed by atoms with van der Waals surface area (Å²) in [5.41, 5.74) is 5.82. The normalized spacial score (nSPS) is 11.1. The zero-order chi connectivity index (χ0) is 15.6. The first-order valence-electron chi connectivity index (χ1n) is 5.54. The molecule has 0 radical (unpaired) electrons. The topological polar surface area (TPSA) is 140 Å². The second-order valence-electron chi connectivity index (χ2n) is 3.99. The summed E-state index contributed by atoms with van der Waals surface area (Å²) in [6, 6.07) is 4.51. The van der Waals surface area contributed by atoms with Crippen LogP contribution in [0.2, 0.25) is 0 Å². The molecule has 0 saturated heterocycles. The molecular weight excluding hydrogens is 294 g/mol. The number of phenolic OH excluding ortho intramolecular Hbond substituents is 2. The Morgan fingerprint density at radius 3 is 2.67 bits per heavy atom. The van der Waals surface area contributed by atoms with Crippen molar-refractivity contribution >= 4 is 34.6 Å². The molecule has 0 atom stereocenters. The first-order valence-corrected chi connectivity index (χ1v) is 6.42. The number of nitrogens with zero attached hydrogens (tertiary/aromatic N) is 2. The molecule has 1 heterocycles. The molecule has 7 nitrogen and oxygen atoms in total. The standard InChI is InChI=1S/C13H9N3O4S/c14-4-7(12-16-9(5-21-12)13(19)20)1-6-2-8(15)11(18)10(17)3-6/h1-3,5,17-18H,15H2,(H,19,20)/b7-1+. The van der Waals surface area contributed by atoms with E-state index in [2.05, 4.69) is 4.98 Å². The number of thiazole rings is 1. The molecule has 21 heavy (non-hydrogen) atoms. The smallest absolute Gasteiger partial charge is 0.355 e. The fourth-order valence-corrected chi connectivity index (χ4v) is 2.31. The Labute approximate surface area is 122 Å². The van der Waals surface area contributed by atoms with E-state index >= 15 is 0 Å². The first kappa shape index (κ1) is 14.4. The lowest BCUT2D eigenvalue weighted by atomic mass is 10.1. The summed E-state index contributed by atoms with van der Waals surface area (Å²) in [7, 11) is 0.